The summed E-state index contributed by atoms with van der Waals surface area (Å²) in [5, 5.41) is 2.61. The van der Waals surface area contributed by atoms with Gasteiger partial charge in [0.1, 0.15) is 11.8 Å². The van der Waals surface area contributed by atoms with E-state index >= 15 is 0 Å². The van der Waals surface area contributed by atoms with Crippen LogP contribution in [0.5, 0.6) is 5.75 Å². The molecule has 21 heavy (non-hydrogen) atoms. The number of carbonyl (C=O) groups is 1. The molecule has 0 bridgehead atoms. The van der Waals surface area contributed by atoms with Gasteiger partial charge in [-0.15, -0.1) is 0 Å². The van der Waals surface area contributed by atoms with E-state index in [1.54, 1.807) is 24.3 Å². The molecule has 6 heteroatoms. The van der Waals surface area contributed by atoms with Gasteiger partial charge < -0.3 is 15.8 Å². The number of halogens is 2. The van der Waals surface area contributed by atoms with Gasteiger partial charge in [-0.2, -0.15) is 8.78 Å². The van der Waals surface area contributed by atoms with Crippen LogP contribution in [0.4, 0.5) is 14.5 Å². The molecule has 0 saturated carbocycles. The third-order valence-electron chi connectivity index (χ3n) is 2.79. The van der Waals surface area contributed by atoms with E-state index < -0.39 is 12.7 Å². The number of alkyl halides is 2. The van der Waals surface area contributed by atoms with Gasteiger partial charge in [-0.05, 0) is 29.8 Å². The first kappa shape index (κ1) is 14.9. The van der Waals surface area contributed by atoms with Crippen molar-refractivity contribution in [3.05, 3.63) is 60.2 Å². The van der Waals surface area contributed by atoms with Crippen LogP contribution in [-0.2, 0) is 4.79 Å². The first-order valence-corrected chi connectivity index (χ1v) is 6.22. The number of rotatable bonds is 5. The lowest BCUT2D eigenvalue weighted by atomic mass is 10.1. The maximum atomic E-state index is 12.0. The van der Waals surface area contributed by atoms with E-state index in [9.17, 15) is 13.6 Å². The fourth-order valence-electron chi connectivity index (χ4n) is 1.75. The Balaban J connectivity index is 1.99. The minimum Gasteiger partial charge on any atom is -0.435 e. The number of nitrogens with two attached hydrogens (primary N) is 1. The van der Waals surface area contributed by atoms with Crippen molar-refractivity contribution in [1.29, 1.82) is 0 Å². The van der Waals surface area contributed by atoms with Crippen molar-refractivity contribution < 1.29 is 18.3 Å². The summed E-state index contributed by atoms with van der Waals surface area (Å²) in [5.74, 6) is -0.362. The summed E-state index contributed by atoms with van der Waals surface area (Å²) in [5.41, 5.74) is 6.99. The number of ether oxygens (including phenoxy) is 1. The minimum atomic E-state index is -2.88. The zero-order chi connectivity index (χ0) is 15.2. The number of hydrogen-bond donors (Lipinski definition) is 2. The molecule has 2 rings (SSSR count). The molecule has 0 aliphatic rings. The van der Waals surface area contributed by atoms with Gasteiger partial charge in [0, 0.05) is 5.69 Å². The Hall–Kier alpha value is -2.47. The highest BCUT2D eigenvalue weighted by Gasteiger charge is 2.15. The standard InChI is InChI=1S/C15H14F2N2O2/c16-15(17)21-12-8-6-11(7-9-12)19-14(20)13(18)10-4-2-1-3-5-10/h1-9,13,15H,18H2,(H,19,20). The predicted molar refractivity (Wildman–Crippen MR) is 75.1 cm³/mol. The molecule has 0 aromatic heterocycles. The number of nitrogens with one attached hydrogen (secondary N) is 1. The minimum absolute atomic E-state index is 0.0235. The van der Waals surface area contributed by atoms with Crippen molar-refractivity contribution in [3.8, 4) is 5.75 Å². The molecular weight excluding hydrogens is 278 g/mol. The quantitative estimate of drug-likeness (QED) is 0.890. The highest BCUT2D eigenvalue weighted by molar-refractivity contribution is 5.95. The van der Waals surface area contributed by atoms with Crippen LogP contribution in [0.25, 0.3) is 0 Å². The Morgan fingerprint density at radius 3 is 2.24 bits per heavy atom. The molecule has 1 atom stereocenters. The van der Waals surface area contributed by atoms with Crippen LogP contribution >= 0.6 is 0 Å². The van der Waals surface area contributed by atoms with Crippen LogP contribution in [0.15, 0.2) is 54.6 Å². The van der Waals surface area contributed by atoms with Crippen molar-refractivity contribution in [2.24, 2.45) is 5.73 Å². The first-order valence-electron chi connectivity index (χ1n) is 6.22. The summed E-state index contributed by atoms with van der Waals surface area (Å²) < 4.78 is 28.3. The van der Waals surface area contributed by atoms with E-state index in [-0.39, 0.29) is 11.7 Å². The topological polar surface area (TPSA) is 64.4 Å². The Labute approximate surface area is 120 Å². The lowest BCUT2D eigenvalue weighted by molar-refractivity contribution is -0.117. The zero-order valence-electron chi connectivity index (χ0n) is 11.0. The fourth-order valence-corrected chi connectivity index (χ4v) is 1.75. The molecule has 3 N–H and O–H groups in total. The smallest absolute Gasteiger partial charge is 0.387 e. The van der Waals surface area contributed by atoms with Crippen LogP contribution in [0.1, 0.15) is 11.6 Å². The maximum Gasteiger partial charge on any atom is 0.387 e. The molecule has 0 fully saturated rings. The molecular formula is C15H14F2N2O2. The van der Waals surface area contributed by atoms with Crippen molar-refractivity contribution >= 4 is 11.6 Å². The average Bonchev–Trinajstić information content (AvgIpc) is 2.49. The number of benzene rings is 2. The van der Waals surface area contributed by atoms with Gasteiger partial charge in [0.25, 0.3) is 0 Å². The predicted octanol–water partition coefficient (Wildman–Crippen LogP) is 2.93. The van der Waals surface area contributed by atoms with E-state index in [0.717, 1.165) is 0 Å². The number of anilines is 1. The van der Waals surface area contributed by atoms with Gasteiger partial charge in [-0.25, -0.2) is 0 Å². The van der Waals surface area contributed by atoms with Crippen LogP contribution in [0, 0.1) is 0 Å². The summed E-state index contributed by atoms with van der Waals surface area (Å²) in [4.78, 5) is 12.0. The summed E-state index contributed by atoms with van der Waals surface area (Å²) in [7, 11) is 0. The highest BCUT2D eigenvalue weighted by atomic mass is 19.3. The number of carbonyl (C=O) groups excluding carboxylic acids is 1. The van der Waals surface area contributed by atoms with Gasteiger partial charge in [0.2, 0.25) is 5.91 Å². The summed E-state index contributed by atoms with van der Waals surface area (Å²) in [6.07, 6.45) is 0. The van der Waals surface area contributed by atoms with Crippen LogP contribution in [0.2, 0.25) is 0 Å². The number of hydrogen-bond acceptors (Lipinski definition) is 3. The molecule has 0 radical (unpaired) electrons. The summed E-state index contributed by atoms with van der Waals surface area (Å²) in [6, 6.07) is 13.7. The highest BCUT2D eigenvalue weighted by Crippen LogP contribution is 2.19. The zero-order valence-corrected chi connectivity index (χ0v) is 11.0. The Bertz CT molecular complexity index is 588. The fraction of sp³-hybridized carbons (Fsp3) is 0.133. The lowest BCUT2D eigenvalue weighted by Crippen LogP contribution is -2.27. The average molecular weight is 292 g/mol. The molecule has 0 spiro atoms. The molecule has 1 unspecified atom stereocenters. The van der Waals surface area contributed by atoms with E-state index in [0.29, 0.717) is 11.3 Å². The van der Waals surface area contributed by atoms with Gasteiger partial charge in [-0.1, -0.05) is 30.3 Å². The monoisotopic (exact) mass is 292 g/mol. The van der Waals surface area contributed by atoms with E-state index in [1.807, 2.05) is 6.07 Å². The van der Waals surface area contributed by atoms with Gasteiger partial charge >= 0.3 is 6.61 Å². The van der Waals surface area contributed by atoms with Crippen molar-refractivity contribution in [2.75, 3.05) is 5.32 Å². The molecule has 2 aromatic rings. The van der Waals surface area contributed by atoms with E-state index in [1.165, 1.54) is 24.3 Å². The van der Waals surface area contributed by atoms with Crippen molar-refractivity contribution in [3.63, 3.8) is 0 Å². The second kappa shape index (κ2) is 6.81. The summed E-state index contributed by atoms with van der Waals surface area (Å²) in [6.45, 7) is -2.88. The molecule has 110 valence electrons. The van der Waals surface area contributed by atoms with Crippen LogP contribution in [-0.4, -0.2) is 12.5 Å². The molecule has 0 aliphatic carbocycles. The molecule has 0 saturated heterocycles. The Morgan fingerprint density at radius 1 is 1.05 bits per heavy atom. The van der Waals surface area contributed by atoms with Crippen LogP contribution < -0.4 is 15.8 Å². The second-order valence-electron chi connectivity index (χ2n) is 4.28. The molecule has 4 nitrogen and oxygen atoms in total. The van der Waals surface area contributed by atoms with Crippen molar-refractivity contribution in [1.82, 2.24) is 0 Å². The van der Waals surface area contributed by atoms with Gasteiger partial charge in [-0.3, -0.25) is 4.79 Å². The molecule has 0 heterocycles. The van der Waals surface area contributed by atoms with Gasteiger partial charge in [0.15, 0.2) is 0 Å². The molecule has 0 aliphatic heterocycles. The second-order valence-corrected chi connectivity index (χ2v) is 4.28. The normalized spacial score (nSPS) is 12.0. The third-order valence-corrected chi connectivity index (χ3v) is 2.79. The largest absolute Gasteiger partial charge is 0.435 e. The third kappa shape index (κ3) is 4.25. The SMILES string of the molecule is NC(C(=O)Nc1ccc(OC(F)F)cc1)c1ccccc1. The van der Waals surface area contributed by atoms with Crippen molar-refractivity contribution in [2.45, 2.75) is 12.7 Å². The molecule has 2 aromatic carbocycles. The van der Waals surface area contributed by atoms with E-state index in [4.69, 9.17) is 5.73 Å². The summed E-state index contributed by atoms with van der Waals surface area (Å²) >= 11 is 0. The maximum absolute atomic E-state index is 12.0. The molecule has 1 amide bonds. The lowest BCUT2D eigenvalue weighted by Gasteiger charge is -2.13. The van der Waals surface area contributed by atoms with Crippen LogP contribution in [0.3, 0.4) is 0 Å². The van der Waals surface area contributed by atoms with E-state index in [2.05, 4.69) is 10.1 Å². The first-order chi connectivity index (χ1) is 10.1. The Kier molecular flexibility index (Phi) is 4.84. The van der Waals surface area contributed by atoms with Gasteiger partial charge in [0.05, 0.1) is 0 Å². The number of amides is 1. The Morgan fingerprint density at radius 2 is 1.67 bits per heavy atom.